The van der Waals surface area contributed by atoms with Gasteiger partial charge in [-0.3, -0.25) is 4.79 Å². The van der Waals surface area contributed by atoms with E-state index in [0.29, 0.717) is 13.0 Å². The summed E-state index contributed by atoms with van der Waals surface area (Å²) in [5.74, 6) is 1.76. The first kappa shape index (κ1) is 17.9. The topological polar surface area (TPSA) is 59.8 Å². The van der Waals surface area contributed by atoms with Crippen molar-refractivity contribution in [1.82, 2.24) is 20.1 Å². The Hall–Kier alpha value is -2.95. The number of nitrogens with one attached hydrogen (secondary N) is 1. The monoisotopic (exact) mass is 348 g/mol. The number of hydrogen-bond donors (Lipinski definition) is 1. The Bertz CT molecular complexity index is 843. The number of aromatic nitrogens is 3. The highest BCUT2D eigenvalue weighted by Crippen LogP contribution is 2.24. The van der Waals surface area contributed by atoms with Crippen LogP contribution in [0.2, 0.25) is 0 Å². The van der Waals surface area contributed by atoms with Gasteiger partial charge in [0, 0.05) is 13.5 Å². The summed E-state index contributed by atoms with van der Waals surface area (Å²) in [5.41, 5.74) is 2.42. The summed E-state index contributed by atoms with van der Waals surface area (Å²) in [6.07, 6.45) is 1.27. The van der Waals surface area contributed by atoms with E-state index in [1.54, 1.807) is 0 Å². The van der Waals surface area contributed by atoms with Crippen molar-refractivity contribution in [3.8, 4) is 0 Å². The van der Waals surface area contributed by atoms with E-state index in [-0.39, 0.29) is 11.8 Å². The van der Waals surface area contributed by atoms with Crippen molar-refractivity contribution in [2.75, 3.05) is 0 Å². The second kappa shape index (κ2) is 8.43. The molecule has 2 aromatic carbocycles. The molecule has 1 heterocycles. The van der Waals surface area contributed by atoms with Gasteiger partial charge in [0.2, 0.25) is 5.91 Å². The van der Waals surface area contributed by atoms with Crippen LogP contribution in [0.1, 0.15) is 35.1 Å². The molecular formula is C21H24N4O. The maximum Gasteiger partial charge on any atom is 0.220 e. The van der Waals surface area contributed by atoms with Crippen LogP contribution < -0.4 is 5.32 Å². The fourth-order valence-corrected chi connectivity index (χ4v) is 3.01. The van der Waals surface area contributed by atoms with Crippen LogP contribution in [0.15, 0.2) is 60.7 Å². The summed E-state index contributed by atoms with van der Waals surface area (Å²) in [6, 6.07) is 20.5. The first-order valence-electron chi connectivity index (χ1n) is 8.84. The van der Waals surface area contributed by atoms with Gasteiger partial charge in [0.05, 0.1) is 6.54 Å². The van der Waals surface area contributed by atoms with Crippen LogP contribution in [0.25, 0.3) is 0 Å². The quantitative estimate of drug-likeness (QED) is 0.713. The Kier molecular flexibility index (Phi) is 5.79. The minimum atomic E-state index is 0.0236. The van der Waals surface area contributed by atoms with E-state index in [4.69, 9.17) is 0 Å². The van der Waals surface area contributed by atoms with Crippen molar-refractivity contribution in [2.24, 2.45) is 7.05 Å². The van der Waals surface area contributed by atoms with Crippen LogP contribution in [-0.2, 0) is 24.8 Å². The fourth-order valence-electron chi connectivity index (χ4n) is 3.01. The fraction of sp³-hybridized carbons (Fsp3) is 0.286. The molecule has 0 fully saturated rings. The van der Waals surface area contributed by atoms with Crippen molar-refractivity contribution in [1.29, 1.82) is 0 Å². The van der Waals surface area contributed by atoms with Gasteiger partial charge in [-0.05, 0) is 30.4 Å². The zero-order valence-corrected chi connectivity index (χ0v) is 15.2. The van der Waals surface area contributed by atoms with Gasteiger partial charge in [0.15, 0.2) is 5.82 Å². The highest BCUT2D eigenvalue weighted by molar-refractivity contribution is 5.76. The third kappa shape index (κ3) is 4.57. The Morgan fingerprint density at radius 2 is 1.69 bits per heavy atom. The van der Waals surface area contributed by atoms with Gasteiger partial charge < -0.3 is 9.88 Å². The summed E-state index contributed by atoms with van der Waals surface area (Å²) >= 11 is 0. The molecule has 0 saturated heterocycles. The standard InChI is InChI=1S/C21H24N4O/c1-16-23-24-20(25(16)2)15-22-21(26)14-19(18-11-7-4-8-12-18)13-17-9-5-3-6-10-17/h3-12,19H,13-15H2,1-2H3,(H,22,26)/t19-/m0/s1. The van der Waals surface area contributed by atoms with Gasteiger partial charge in [-0.2, -0.15) is 0 Å². The minimum absolute atomic E-state index is 0.0236. The van der Waals surface area contributed by atoms with Gasteiger partial charge in [-0.1, -0.05) is 60.7 Å². The lowest BCUT2D eigenvalue weighted by Crippen LogP contribution is -2.26. The number of rotatable bonds is 7. The molecule has 1 aromatic heterocycles. The first-order valence-corrected chi connectivity index (χ1v) is 8.84. The van der Waals surface area contributed by atoms with Crippen LogP contribution in [-0.4, -0.2) is 20.7 Å². The number of amides is 1. The lowest BCUT2D eigenvalue weighted by atomic mass is 9.89. The van der Waals surface area contributed by atoms with Crippen LogP contribution in [0.5, 0.6) is 0 Å². The van der Waals surface area contributed by atoms with Crippen LogP contribution in [0.4, 0.5) is 0 Å². The van der Waals surface area contributed by atoms with Gasteiger partial charge in [0.25, 0.3) is 0 Å². The molecule has 134 valence electrons. The predicted molar refractivity (Wildman–Crippen MR) is 102 cm³/mol. The SMILES string of the molecule is Cc1nnc(CNC(=O)C[C@H](Cc2ccccc2)c2ccccc2)n1C. The van der Waals surface area contributed by atoms with Gasteiger partial charge in [0.1, 0.15) is 5.82 Å². The summed E-state index contributed by atoms with van der Waals surface area (Å²) in [6.45, 7) is 2.28. The third-order valence-electron chi connectivity index (χ3n) is 4.65. The van der Waals surface area contributed by atoms with Crippen molar-refractivity contribution in [3.63, 3.8) is 0 Å². The van der Waals surface area contributed by atoms with E-state index < -0.39 is 0 Å². The molecule has 0 unspecified atom stereocenters. The Labute approximate surface area is 154 Å². The van der Waals surface area contributed by atoms with E-state index in [9.17, 15) is 4.79 Å². The zero-order chi connectivity index (χ0) is 18.4. The zero-order valence-electron chi connectivity index (χ0n) is 15.2. The molecule has 1 N–H and O–H groups in total. The summed E-state index contributed by atoms with van der Waals surface area (Å²) in [5, 5.41) is 11.1. The molecule has 3 rings (SSSR count). The maximum absolute atomic E-state index is 12.5. The maximum atomic E-state index is 12.5. The number of benzene rings is 2. The molecule has 0 spiro atoms. The van der Waals surface area contributed by atoms with Gasteiger partial charge in [-0.25, -0.2) is 0 Å². The molecule has 3 aromatic rings. The first-order chi connectivity index (χ1) is 12.6. The Morgan fingerprint density at radius 1 is 1.04 bits per heavy atom. The number of nitrogens with zero attached hydrogens (tertiary/aromatic N) is 3. The van der Waals surface area contributed by atoms with E-state index in [0.717, 1.165) is 18.1 Å². The van der Waals surface area contributed by atoms with Crippen LogP contribution >= 0.6 is 0 Å². The van der Waals surface area contributed by atoms with Crippen LogP contribution in [0.3, 0.4) is 0 Å². The Balaban J connectivity index is 1.67. The predicted octanol–water partition coefficient (Wildman–Crippen LogP) is 3.16. The average Bonchev–Trinajstić information content (AvgIpc) is 2.99. The smallest absolute Gasteiger partial charge is 0.220 e. The Morgan fingerprint density at radius 3 is 2.31 bits per heavy atom. The normalized spacial score (nSPS) is 11.9. The molecule has 5 nitrogen and oxygen atoms in total. The van der Waals surface area contributed by atoms with E-state index in [1.165, 1.54) is 11.1 Å². The van der Waals surface area contributed by atoms with Crippen molar-refractivity contribution in [3.05, 3.63) is 83.4 Å². The molecule has 0 bridgehead atoms. The van der Waals surface area contributed by atoms with Crippen molar-refractivity contribution >= 4 is 5.91 Å². The lowest BCUT2D eigenvalue weighted by molar-refractivity contribution is -0.121. The molecule has 0 aliphatic heterocycles. The third-order valence-corrected chi connectivity index (χ3v) is 4.65. The van der Waals surface area contributed by atoms with Crippen LogP contribution in [0, 0.1) is 6.92 Å². The molecular weight excluding hydrogens is 324 g/mol. The second-order valence-corrected chi connectivity index (χ2v) is 6.50. The van der Waals surface area contributed by atoms with Crippen molar-refractivity contribution in [2.45, 2.75) is 32.2 Å². The molecule has 5 heteroatoms. The number of hydrogen-bond acceptors (Lipinski definition) is 3. The molecule has 0 saturated carbocycles. The lowest BCUT2D eigenvalue weighted by Gasteiger charge is -2.17. The number of aryl methyl sites for hydroxylation is 1. The molecule has 26 heavy (non-hydrogen) atoms. The summed E-state index contributed by atoms with van der Waals surface area (Å²) < 4.78 is 1.89. The number of carbonyl (C=O) groups is 1. The second-order valence-electron chi connectivity index (χ2n) is 6.50. The van der Waals surface area contributed by atoms with E-state index in [2.05, 4.69) is 39.8 Å². The minimum Gasteiger partial charge on any atom is -0.349 e. The molecule has 0 aliphatic rings. The highest BCUT2D eigenvalue weighted by atomic mass is 16.1. The summed E-state index contributed by atoms with van der Waals surface area (Å²) in [7, 11) is 1.90. The highest BCUT2D eigenvalue weighted by Gasteiger charge is 2.17. The van der Waals surface area contributed by atoms with E-state index in [1.807, 2.05) is 54.9 Å². The number of carbonyl (C=O) groups excluding carboxylic acids is 1. The molecule has 1 amide bonds. The summed E-state index contributed by atoms with van der Waals surface area (Å²) in [4.78, 5) is 12.5. The largest absolute Gasteiger partial charge is 0.349 e. The van der Waals surface area contributed by atoms with Gasteiger partial charge >= 0.3 is 0 Å². The average molecular weight is 348 g/mol. The molecule has 0 aliphatic carbocycles. The molecule has 1 atom stereocenters. The van der Waals surface area contributed by atoms with E-state index >= 15 is 0 Å². The van der Waals surface area contributed by atoms with Gasteiger partial charge in [-0.15, -0.1) is 10.2 Å². The van der Waals surface area contributed by atoms with Crippen molar-refractivity contribution < 1.29 is 4.79 Å². The molecule has 0 radical (unpaired) electrons.